The van der Waals surface area contributed by atoms with Gasteiger partial charge in [-0.2, -0.15) is 0 Å². The van der Waals surface area contributed by atoms with Crippen LogP contribution in [0.3, 0.4) is 0 Å². The molecule has 3 aliphatic heterocycles. The summed E-state index contributed by atoms with van der Waals surface area (Å²) in [4.78, 5) is 25.0. The maximum atomic E-state index is 13.1. The highest BCUT2D eigenvalue weighted by atomic mass is 16.5. The summed E-state index contributed by atoms with van der Waals surface area (Å²) < 4.78 is 5.11. The Kier molecular flexibility index (Phi) is 9.88. The first-order valence-corrected chi connectivity index (χ1v) is 12.5. The molecule has 1 amide bonds. The van der Waals surface area contributed by atoms with Crippen molar-refractivity contribution in [2.24, 2.45) is 0 Å². The van der Waals surface area contributed by atoms with E-state index in [0.717, 1.165) is 56.1 Å². The zero-order chi connectivity index (χ0) is 24.5. The first-order valence-electron chi connectivity index (χ1n) is 12.5. The van der Waals surface area contributed by atoms with Gasteiger partial charge in [-0.05, 0) is 43.9 Å². The Balaban J connectivity index is 0.00000158. The van der Waals surface area contributed by atoms with E-state index in [1.54, 1.807) is 7.11 Å². The number of terminal acetylenes is 1. The maximum absolute atomic E-state index is 13.1. The smallest absolute Gasteiger partial charge is 0.236 e. The molecule has 0 spiro atoms. The summed E-state index contributed by atoms with van der Waals surface area (Å²) in [5, 5.41) is 0. The second-order valence-electron chi connectivity index (χ2n) is 9.38. The molecule has 2 fully saturated rings. The van der Waals surface area contributed by atoms with Crippen molar-refractivity contribution in [3.63, 3.8) is 0 Å². The Morgan fingerprint density at radius 1 is 1.24 bits per heavy atom. The molecule has 4 heterocycles. The summed E-state index contributed by atoms with van der Waals surface area (Å²) in [6, 6.07) is 5.50. The summed E-state index contributed by atoms with van der Waals surface area (Å²) in [5.74, 6) is 0.287. The zero-order valence-corrected chi connectivity index (χ0v) is 21.1. The number of piperazine rings is 1. The van der Waals surface area contributed by atoms with Crippen molar-refractivity contribution >= 4 is 11.5 Å². The van der Waals surface area contributed by atoms with E-state index in [2.05, 4.69) is 58.8 Å². The number of rotatable bonds is 6. The Hall–Kier alpha value is -2.46. The lowest BCUT2D eigenvalue weighted by Crippen LogP contribution is -2.59. The van der Waals surface area contributed by atoms with Gasteiger partial charge in [0.1, 0.15) is 0 Å². The minimum Gasteiger partial charge on any atom is -0.381 e. The highest BCUT2D eigenvalue weighted by Gasteiger charge is 2.34. The van der Waals surface area contributed by atoms with E-state index in [1.165, 1.54) is 24.8 Å². The van der Waals surface area contributed by atoms with Gasteiger partial charge in [-0.15, -0.1) is 12.8 Å². The molecule has 184 valence electrons. The number of fused-ring (bicyclic) bond motifs is 2. The Bertz CT molecular complexity index is 907. The van der Waals surface area contributed by atoms with E-state index in [-0.39, 0.29) is 5.91 Å². The molecule has 34 heavy (non-hydrogen) atoms. The van der Waals surface area contributed by atoms with Gasteiger partial charge in [0, 0.05) is 64.0 Å². The summed E-state index contributed by atoms with van der Waals surface area (Å²) in [6.07, 6.45) is 18.9. The maximum Gasteiger partial charge on any atom is 0.236 e. The summed E-state index contributed by atoms with van der Waals surface area (Å²) >= 11 is 0. The number of hydrogen-bond donors (Lipinski definition) is 0. The molecular formula is C28H40N4O2. The van der Waals surface area contributed by atoms with Crippen LogP contribution >= 0.6 is 0 Å². The third-order valence-corrected chi connectivity index (χ3v) is 7.26. The number of ether oxygens (including phenoxy) is 1. The molecule has 0 aliphatic carbocycles. The lowest BCUT2D eigenvalue weighted by Gasteiger charge is -2.47. The van der Waals surface area contributed by atoms with Crippen LogP contribution in [0.2, 0.25) is 0 Å². The minimum atomic E-state index is 0.287. The van der Waals surface area contributed by atoms with Gasteiger partial charge >= 0.3 is 0 Å². The second-order valence-corrected chi connectivity index (χ2v) is 9.38. The van der Waals surface area contributed by atoms with Crippen molar-refractivity contribution in [3.8, 4) is 12.8 Å². The SMILES string of the molecule is C#C.C/C=C(\C=C/COC)c1ccc2c(n1)CCN(CC(=O)N1CCN3C(C)CCCC3C1)C2. The fraction of sp³-hybridized carbons (Fsp3) is 0.571. The van der Waals surface area contributed by atoms with Crippen LogP contribution in [0.4, 0.5) is 0 Å². The van der Waals surface area contributed by atoms with Gasteiger partial charge in [-0.3, -0.25) is 19.6 Å². The Labute approximate surface area is 205 Å². The average Bonchev–Trinajstić information content (AvgIpc) is 2.87. The first kappa shape index (κ1) is 26.2. The van der Waals surface area contributed by atoms with Crippen LogP contribution in [-0.4, -0.2) is 84.1 Å². The van der Waals surface area contributed by atoms with Crippen molar-refractivity contribution < 1.29 is 9.53 Å². The largest absolute Gasteiger partial charge is 0.381 e. The third-order valence-electron chi connectivity index (χ3n) is 7.26. The van der Waals surface area contributed by atoms with Crippen LogP contribution in [0.25, 0.3) is 5.57 Å². The molecule has 1 aromatic heterocycles. The normalized spacial score (nSPS) is 23.7. The average molecular weight is 465 g/mol. The van der Waals surface area contributed by atoms with Crippen molar-refractivity contribution in [1.82, 2.24) is 19.7 Å². The van der Waals surface area contributed by atoms with Gasteiger partial charge in [0.25, 0.3) is 0 Å². The highest BCUT2D eigenvalue weighted by Crippen LogP contribution is 2.26. The summed E-state index contributed by atoms with van der Waals surface area (Å²) in [7, 11) is 1.70. The minimum absolute atomic E-state index is 0.287. The fourth-order valence-electron chi connectivity index (χ4n) is 5.41. The van der Waals surface area contributed by atoms with Gasteiger partial charge in [0.05, 0.1) is 18.8 Å². The standard InChI is InChI=1S/C26H38N4O2.C2H2/c1-4-21(8-6-16-32-3)24-11-10-22-17-28(13-12-25(22)27-24)19-26(31)29-14-15-30-20(2)7-5-9-23(30)18-29;1-2/h4,6,8,10-11,20,23H,5,7,9,12-19H2,1-3H3;1-2H/b8-6-,21-4+;. The first-order chi connectivity index (χ1) is 16.6. The van der Waals surface area contributed by atoms with E-state index in [0.29, 0.717) is 25.2 Å². The molecule has 0 radical (unpaired) electrons. The Morgan fingerprint density at radius 2 is 2.06 bits per heavy atom. The molecule has 0 aromatic carbocycles. The number of piperidine rings is 1. The third kappa shape index (κ3) is 6.35. The number of carbonyl (C=O) groups is 1. The molecule has 0 N–H and O–H groups in total. The predicted molar refractivity (Wildman–Crippen MR) is 138 cm³/mol. The number of hydrogen-bond acceptors (Lipinski definition) is 5. The van der Waals surface area contributed by atoms with Crippen molar-refractivity contribution in [1.29, 1.82) is 0 Å². The molecule has 2 saturated heterocycles. The van der Waals surface area contributed by atoms with Gasteiger partial charge < -0.3 is 9.64 Å². The van der Waals surface area contributed by atoms with E-state index in [1.807, 2.05) is 13.0 Å². The van der Waals surface area contributed by atoms with Gasteiger partial charge in [-0.1, -0.05) is 30.7 Å². The zero-order valence-electron chi connectivity index (χ0n) is 21.1. The molecule has 3 aliphatic rings. The predicted octanol–water partition coefficient (Wildman–Crippen LogP) is 3.38. The molecule has 6 heteroatoms. The quantitative estimate of drug-likeness (QED) is 0.477. The number of nitrogens with zero attached hydrogens (tertiary/aromatic N) is 4. The van der Waals surface area contributed by atoms with Crippen LogP contribution in [0.1, 0.15) is 50.1 Å². The van der Waals surface area contributed by atoms with E-state index in [9.17, 15) is 4.79 Å². The molecule has 1 aromatic rings. The van der Waals surface area contributed by atoms with Crippen LogP contribution in [0, 0.1) is 12.8 Å². The highest BCUT2D eigenvalue weighted by molar-refractivity contribution is 5.78. The lowest BCUT2D eigenvalue weighted by atomic mass is 9.94. The van der Waals surface area contributed by atoms with Crippen LogP contribution < -0.4 is 0 Å². The molecule has 2 atom stereocenters. The fourth-order valence-corrected chi connectivity index (χ4v) is 5.41. The van der Waals surface area contributed by atoms with E-state index in [4.69, 9.17) is 9.72 Å². The molecule has 0 saturated carbocycles. The number of pyridine rings is 1. The van der Waals surface area contributed by atoms with Crippen molar-refractivity contribution in [2.45, 2.75) is 58.2 Å². The summed E-state index contributed by atoms with van der Waals surface area (Å²) in [5.41, 5.74) is 4.52. The lowest BCUT2D eigenvalue weighted by molar-refractivity contribution is -0.137. The van der Waals surface area contributed by atoms with Gasteiger partial charge in [0.2, 0.25) is 5.91 Å². The molecule has 2 unspecified atom stereocenters. The number of aromatic nitrogens is 1. The molecule has 6 nitrogen and oxygen atoms in total. The van der Waals surface area contributed by atoms with Crippen LogP contribution in [0.5, 0.6) is 0 Å². The van der Waals surface area contributed by atoms with Crippen molar-refractivity contribution in [3.05, 3.63) is 47.3 Å². The monoisotopic (exact) mass is 464 g/mol. The van der Waals surface area contributed by atoms with Gasteiger partial charge in [0.15, 0.2) is 0 Å². The summed E-state index contributed by atoms with van der Waals surface area (Å²) in [6.45, 7) is 9.99. The number of methoxy groups -OCH3 is 1. The number of carbonyl (C=O) groups excluding carboxylic acids is 1. The van der Waals surface area contributed by atoms with Crippen LogP contribution in [0.15, 0.2) is 30.4 Å². The molecule has 0 bridgehead atoms. The van der Waals surface area contributed by atoms with Crippen molar-refractivity contribution in [2.75, 3.05) is 46.4 Å². The number of allylic oxidation sites excluding steroid dienone is 3. The molecule has 4 rings (SSSR count). The Morgan fingerprint density at radius 3 is 2.82 bits per heavy atom. The van der Waals surface area contributed by atoms with Crippen LogP contribution in [-0.2, 0) is 22.5 Å². The number of amides is 1. The van der Waals surface area contributed by atoms with E-state index < -0.39 is 0 Å². The van der Waals surface area contributed by atoms with Gasteiger partial charge in [-0.25, -0.2) is 0 Å². The topological polar surface area (TPSA) is 48.9 Å². The van der Waals surface area contributed by atoms with E-state index >= 15 is 0 Å². The molecular weight excluding hydrogens is 424 g/mol. The second kappa shape index (κ2) is 12.9.